The SMILES string of the molecule is CCC(C)(CC)C(=O)/C=C(\O)C(C)(CC)CC.Cc1ccc2ccc3c(-c4[c-]ccc5c4oc4cc(C(C)C)ccc45)nc(C(C)C)nc3c2c1.[Ir]. The summed E-state index contributed by atoms with van der Waals surface area (Å²) in [7, 11) is 0. The number of carbonyl (C=O) groups excluding carboxylic acids is 1. The Morgan fingerprint density at radius 2 is 1.44 bits per heavy atom. The Morgan fingerprint density at radius 1 is 0.808 bits per heavy atom. The largest absolute Gasteiger partial charge is 0.512 e. The summed E-state index contributed by atoms with van der Waals surface area (Å²) < 4.78 is 6.49. The number of hydrogen-bond donors (Lipinski definition) is 1. The molecule has 0 aliphatic carbocycles. The van der Waals surface area contributed by atoms with Crippen molar-refractivity contribution in [3.8, 4) is 11.3 Å². The second-order valence-corrected chi connectivity index (χ2v) is 15.3. The molecule has 2 aromatic heterocycles. The van der Waals surface area contributed by atoms with Crippen LogP contribution < -0.4 is 0 Å². The summed E-state index contributed by atoms with van der Waals surface area (Å²) in [6.07, 6.45) is 4.75. The average Bonchev–Trinajstić information content (AvgIpc) is 3.52. The van der Waals surface area contributed by atoms with Gasteiger partial charge in [0.05, 0.1) is 11.1 Å². The quantitative estimate of drug-likeness (QED) is 0.0642. The molecule has 6 aromatic rings. The van der Waals surface area contributed by atoms with Gasteiger partial charge in [-0.25, -0.2) is 4.98 Å². The smallest absolute Gasteiger partial charge is 0.164 e. The summed E-state index contributed by atoms with van der Waals surface area (Å²) in [4.78, 5) is 22.3. The molecule has 5 nitrogen and oxygen atoms in total. The van der Waals surface area contributed by atoms with Gasteiger partial charge in [0.15, 0.2) is 5.78 Å². The Morgan fingerprint density at radius 3 is 2.06 bits per heavy atom. The fourth-order valence-electron chi connectivity index (χ4n) is 6.47. The third-order valence-corrected chi connectivity index (χ3v) is 11.3. The van der Waals surface area contributed by atoms with Crippen LogP contribution in [0.5, 0.6) is 0 Å². The fraction of sp³-hybridized carbons (Fsp3) is 0.413. The van der Waals surface area contributed by atoms with Crippen LogP contribution in [0.1, 0.15) is 124 Å². The first-order valence-electron chi connectivity index (χ1n) is 18.7. The third kappa shape index (κ3) is 7.89. The van der Waals surface area contributed by atoms with Gasteiger partial charge in [-0.3, -0.25) is 9.78 Å². The van der Waals surface area contributed by atoms with Gasteiger partial charge in [-0.1, -0.05) is 122 Å². The van der Waals surface area contributed by atoms with Crippen molar-refractivity contribution in [2.24, 2.45) is 10.8 Å². The molecule has 0 spiro atoms. The van der Waals surface area contributed by atoms with Crippen molar-refractivity contribution >= 4 is 49.4 Å². The Kier molecular flexibility index (Phi) is 12.9. The van der Waals surface area contributed by atoms with Crippen molar-refractivity contribution in [2.45, 2.75) is 114 Å². The van der Waals surface area contributed by atoms with Crippen LogP contribution in [0.3, 0.4) is 0 Å². The fourth-order valence-corrected chi connectivity index (χ4v) is 6.47. The molecule has 6 heteroatoms. The van der Waals surface area contributed by atoms with E-state index in [1.807, 2.05) is 47.6 Å². The molecule has 0 aliphatic heterocycles. The van der Waals surface area contributed by atoms with Crippen LogP contribution in [0.25, 0.3) is 54.9 Å². The number of furan rings is 1. The molecule has 0 aliphatic rings. The van der Waals surface area contributed by atoms with Gasteiger partial charge in [0.2, 0.25) is 0 Å². The van der Waals surface area contributed by atoms with Gasteiger partial charge in [0.25, 0.3) is 0 Å². The molecule has 4 aromatic carbocycles. The third-order valence-electron chi connectivity index (χ3n) is 11.3. The topological polar surface area (TPSA) is 76.2 Å². The maximum atomic E-state index is 12.2. The number of rotatable bonds is 10. The molecule has 0 bridgehead atoms. The molecule has 0 fully saturated rings. The zero-order valence-corrected chi connectivity index (χ0v) is 35.2. The number of aliphatic hydroxyl groups excluding tert-OH is 1. The molecule has 0 atom stereocenters. The normalized spacial score (nSPS) is 12.5. The predicted molar refractivity (Wildman–Crippen MR) is 215 cm³/mol. The van der Waals surface area contributed by atoms with Crippen LogP contribution in [-0.4, -0.2) is 20.9 Å². The average molecular weight is 876 g/mol. The summed E-state index contributed by atoms with van der Waals surface area (Å²) in [5.74, 6) is 1.76. The number of carbonyl (C=O) groups is 1. The number of aryl methyl sites for hydroxylation is 1. The van der Waals surface area contributed by atoms with Gasteiger partial charge in [0, 0.05) is 59.4 Å². The Balaban J connectivity index is 0.000000289. The molecule has 2 heterocycles. The summed E-state index contributed by atoms with van der Waals surface area (Å²) in [5, 5.41) is 15.7. The van der Waals surface area contributed by atoms with E-state index in [4.69, 9.17) is 14.4 Å². The zero-order chi connectivity index (χ0) is 37.2. The Labute approximate surface area is 323 Å². The minimum atomic E-state index is -0.337. The van der Waals surface area contributed by atoms with Crippen LogP contribution in [0.2, 0.25) is 0 Å². The number of nitrogens with zero attached hydrogens (tertiary/aromatic N) is 2. The van der Waals surface area contributed by atoms with E-state index in [-0.39, 0.29) is 48.4 Å². The number of ketones is 1. The zero-order valence-electron chi connectivity index (χ0n) is 32.8. The van der Waals surface area contributed by atoms with Crippen molar-refractivity contribution in [3.05, 3.63) is 95.5 Å². The van der Waals surface area contributed by atoms with Gasteiger partial charge in [-0.15, -0.1) is 18.2 Å². The molecule has 0 saturated heterocycles. The van der Waals surface area contributed by atoms with E-state index >= 15 is 0 Å². The van der Waals surface area contributed by atoms with Crippen molar-refractivity contribution in [1.29, 1.82) is 0 Å². The minimum Gasteiger partial charge on any atom is -0.512 e. The van der Waals surface area contributed by atoms with Crippen LogP contribution in [0.15, 0.2) is 76.9 Å². The second-order valence-electron chi connectivity index (χ2n) is 15.3. The van der Waals surface area contributed by atoms with E-state index in [0.29, 0.717) is 5.92 Å². The van der Waals surface area contributed by atoms with Gasteiger partial charge < -0.3 is 9.52 Å². The predicted octanol–water partition coefficient (Wildman–Crippen LogP) is 13.4. The molecule has 277 valence electrons. The van der Waals surface area contributed by atoms with E-state index < -0.39 is 0 Å². The van der Waals surface area contributed by atoms with Crippen LogP contribution in [0.4, 0.5) is 0 Å². The first-order chi connectivity index (χ1) is 24.2. The van der Waals surface area contributed by atoms with Crippen molar-refractivity contribution < 1.29 is 34.4 Å². The number of hydrogen-bond acceptors (Lipinski definition) is 5. The van der Waals surface area contributed by atoms with Crippen molar-refractivity contribution in [1.82, 2.24) is 9.97 Å². The standard InChI is InChI=1S/C31H27N2O.C15H28O2.Ir/c1-17(2)21-12-13-22-23-7-6-8-25(30(23)34-27(22)16-21)28-24-14-11-20-10-9-19(5)15-26(20)29(24)33-31(32-28)18(3)4;1-7-14(5,8-2)12(16)11-13(17)15(6,9-3)10-4;/h6-7,9-18H,1-5H3;11,16H,7-10H2,1-6H3;/q-1;;/b;12-11-;. The Bertz CT molecular complexity index is 2240. The number of fused-ring (bicyclic) bond motifs is 6. The van der Waals surface area contributed by atoms with E-state index in [1.54, 1.807) is 0 Å². The van der Waals surface area contributed by atoms with Gasteiger partial charge in [0.1, 0.15) is 17.2 Å². The molecule has 1 N–H and O–H groups in total. The molecule has 0 unspecified atom stereocenters. The second kappa shape index (κ2) is 16.4. The first kappa shape index (κ1) is 40.9. The number of aromatic nitrogens is 2. The monoisotopic (exact) mass is 876 g/mol. The van der Waals surface area contributed by atoms with Crippen molar-refractivity contribution in [3.63, 3.8) is 0 Å². The molecule has 52 heavy (non-hydrogen) atoms. The van der Waals surface area contributed by atoms with Gasteiger partial charge >= 0.3 is 0 Å². The van der Waals surface area contributed by atoms with E-state index in [0.717, 1.165) is 81.0 Å². The van der Waals surface area contributed by atoms with Crippen LogP contribution in [0, 0.1) is 23.8 Å². The van der Waals surface area contributed by atoms with Crippen LogP contribution >= 0.6 is 0 Å². The summed E-state index contributed by atoms with van der Waals surface area (Å²) in [6.45, 7) is 22.9. The molecular formula is C46H55IrN2O3-. The molecule has 0 amide bonds. The van der Waals surface area contributed by atoms with E-state index in [2.05, 4.69) is 95.3 Å². The summed E-state index contributed by atoms with van der Waals surface area (Å²) in [5.41, 5.74) is 6.38. The van der Waals surface area contributed by atoms with Crippen LogP contribution in [-0.2, 0) is 24.9 Å². The first-order valence-corrected chi connectivity index (χ1v) is 18.7. The molecule has 0 saturated carbocycles. The summed E-state index contributed by atoms with van der Waals surface area (Å²) >= 11 is 0. The molecular weight excluding hydrogens is 821 g/mol. The van der Waals surface area contributed by atoms with E-state index in [9.17, 15) is 9.90 Å². The van der Waals surface area contributed by atoms with Crippen molar-refractivity contribution in [2.75, 3.05) is 0 Å². The molecule has 6 rings (SSSR count). The van der Waals surface area contributed by atoms with Gasteiger partial charge in [-0.2, -0.15) is 0 Å². The maximum Gasteiger partial charge on any atom is 0.164 e. The maximum absolute atomic E-state index is 12.2. The molecule has 1 radical (unpaired) electrons. The number of aliphatic hydroxyl groups is 1. The van der Waals surface area contributed by atoms with Gasteiger partial charge in [-0.05, 0) is 67.0 Å². The minimum absolute atomic E-state index is 0. The Hall–Kier alpha value is -3.86. The number of allylic oxidation sites excluding steroid dienone is 2. The summed E-state index contributed by atoms with van der Waals surface area (Å²) in [6, 6.07) is 24.9. The van der Waals surface area contributed by atoms with E-state index in [1.165, 1.54) is 22.6 Å². The number of benzene rings is 4.